The van der Waals surface area contributed by atoms with Crippen LogP contribution in [-0.2, 0) is 16.6 Å². The lowest BCUT2D eigenvalue weighted by Gasteiger charge is -2.23. The van der Waals surface area contributed by atoms with E-state index in [-0.39, 0.29) is 11.9 Å². The predicted molar refractivity (Wildman–Crippen MR) is 76.6 cm³/mol. The molecule has 1 atom stereocenters. The number of nitrogens with one attached hydrogen (secondary N) is 2. The minimum atomic E-state index is -0.0109. The van der Waals surface area contributed by atoms with Crippen molar-refractivity contribution < 1.29 is 9.53 Å². The molecule has 0 saturated carbocycles. The standard InChI is InChI=1S/C14H18N4O2/c1-18-9-16-12-6-10(2-3-13(12)18)17-14(19)7-11-8-20-5-4-15-11/h2-3,6,9,11,15H,4-5,7-8H2,1H3,(H,17,19). The fourth-order valence-corrected chi connectivity index (χ4v) is 2.40. The maximum absolute atomic E-state index is 12.0. The number of aromatic nitrogens is 2. The highest BCUT2D eigenvalue weighted by molar-refractivity contribution is 5.93. The zero-order valence-electron chi connectivity index (χ0n) is 11.4. The van der Waals surface area contributed by atoms with Gasteiger partial charge in [0.25, 0.3) is 0 Å². The van der Waals surface area contributed by atoms with E-state index in [1.165, 1.54) is 0 Å². The monoisotopic (exact) mass is 274 g/mol. The van der Waals surface area contributed by atoms with Crippen molar-refractivity contribution in [3.05, 3.63) is 24.5 Å². The van der Waals surface area contributed by atoms with E-state index in [0.717, 1.165) is 23.3 Å². The first-order chi connectivity index (χ1) is 9.72. The largest absolute Gasteiger partial charge is 0.378 e. The van der Waals surface area contributed by atoms with Crippen molar-refractivity contribution in [2.24, 2.45) is 7.05 Å². The van der Waals surface area contributed by atoms with Crippen LogP contribution in [0, 0.1) is 0 Å². The minimum absolute atomic E-state index is 0.0109. The Hall–Kier alpha value is -1.92. The average Bonchev–Trinajstić information content (AvgIpc) is 2.81. The Balaban J connectivity index is 1.64. The molecule has 1 aliphatic rings. The van der Waals surface area contributed by atoms with E-state index in [0.29, 0.717) is 19.6 Å². The number of rotatable bonds is 3. The number of ether oxygens (including phenoxy) is 1. The summed E-state index contributed by atoms with van der Waals surface area (Å²) in [5.41, 5.74) is 2.70. The summed E-state index contributed by atoms with van der Waals surface area (Å²) < 4.78 is 7.29. The summed E-state index contributed by atoms with van der Waals surface area (Å²) >= 11 is 0. The molecule has 0 spiro atoms. The van der Waals surface area contributed by atoms with Gasteiger partial charge < -0.3 is 19.9 Å². The molecule has 0 bridgehead atoms. The lowest BCUT2D eigenvalue weighted by atomic mass is 10.2. The summed E-state index contributed by atoms with van der Waals surface area (Å²) in [5.74, 6) is -0.0109. The Kier molecular flexibility index (Phi) is 3.66. The molecule has 0 aliphatic carbocycles. The van der Waals surface area contributed by atoms with Gasteiger partial charge in [0.05, 0.1) is 30.6 Å². The first-order valence-electron chi connectivity index (χ1n) is 6.74. The highest BCUT2D eigenvalue weighted by atomic mass is 16.5. The average molecular weight is 274 g/mol. The van der Waals surface area contributed by atoms with Crippen molar-refractivity contribution in [3.63, 3.8) is 0 Å². The molecule has 1 amide bonds. The van der Waals surface area contributed by atoms with Gasteiger partial charge in [-0.1, -0.05) is 0 Å². The number of fused-ring (bicyclic) bond motifs is 1. The normalized spacial score (nSPS) is 19.1. The molecule has 6 nitrogen and oxygen atoms in total. The Morgan fingerprint density at radius 3 is 3.30 bits per heavy atom. The number of benzene rings is 1. The number of nitrogens with zero attached hydrogens (tertiary/aromatic N) is 2. The number of morpholine rings is 1. The van der Waals surface area contributed by atoms with Gasteiger partial charge in [0.1, 0.15) is 0 Å². The summed E-state index contributed by atoms with van der Waals surface area (Å²) in [7, 11) is 1.95. The smallest absolute Gasteiger partial charge is 0.226 e. The van der Waals surface area contributed by atoms with E-state index in [2.05, 4.69) is 15.6 Å². The molecule has 3 rings (SSSR count). The van der Waals surface area contributed by atoms with Crippen molar-refractivity contribution >= 4 is 22.6 Å². The van der Waals surface area contributed by atoms with Crippen LogP contribution in [0.25, 0.3) is 11.0 Å². The molecule has 1 saturated heterocycles. The van der Waals surface area contributed by atoms with Crippen molar-refractivity contribution in [1.82, 2.24) is 14.9 Å². The molecular weight excluding hydrogens is 256 g/mol. The number of anilines is 1. The number of aryl methyl sites for hydroxylation is 1. The van der Waals surface area contributed by atoms with Gasteiger partial charge in [-0.05, 0) is 18.2 Å². The molecule has 1 fully saturated rings. The van der Waals surface area contributed by atoms with Gasteiger partial charge in [0, 0.05) is 31.7 Å². The Morgan fingerprint density at radius 2 is 2.50 bits per heavy atom. The summed E-state index contributed by atoms with van der Waals surface area (Å²) in [6.45, 7) is 2.11. The number of hydrogen-bond donors (Lipinski definition) is 2. The Morgan fingerprint density at radius 1 is 1.60 bits per heavy atom. The second-order valence-electron chi connectivity index (χ2n) is 5.04. The van der Waals surface area contributed by atoms with Crippen LogP contribution in [0.2, 0.25) is 0 Å². The number of amides is 1. The molecule has 20 heavy (non-hydrogen) atoms. The van der Waals surface area contributed by atoms with Crippen LogP contribution in [0.1, 0.15) is 6.42 Å². The SMILES string of the molecule is Cn1cnc2cc(NC(=O)CC3COCCN3)ccc21. The van der Waals surface area contributed by atoms with Gasteiger partial charge in [0.2, 0.25) is 5.91 Å². The van der Waals surface area contributed by atoms with E-state index in [4.69, 9.17) is 4.74 Å². The second-order valence-corrected chi connectivity index (χ2v) is 5.04. The van der Waals surface area contributed by atoms with Crippen molar-refractivity contribution in [2.75, 3.05) is 25.1 Å². The first-order valence-corrected chi connectivity index (χ1v) is 6.74. The van der Waals surface area contributed by atoms with Gasteiger partial charge in [-0.2, -0.15) is 0 Å². The van der Waals surface area contributed by atoms with Gasteiger partial charge in [-0.15, -0.1) is 0 Å². The van der Waals surface area contributed by atoms with Crippen LogP contribution >= 0.6 is 0 Å². The predicted octanol–water partition coefficient (Wildman–Crippen LogP) is 0.890. The summed E-state index contributed by atoms with van der Waals surface area (Å²) in [6, 6.07) is 5.84. The van der Waals surface area contributed by atoms with Crippen LogP contribution in [0.4, 0.5) is 5.69 Å². The highest BCUT2D eigenvalue weighted by Gasteiger charge is 2.17. The van der Waals surface area contributed by atoms with E-state index in [1.807, 2.05) is 29.8 Å². The van der Waals surface area contributed by atoms with Crippen LogP contribution in [0.3, 0.4) is 0 Å². The molecular formula is C14H18N4O2. The summed E-state index contributed by atoms with van der Waals surface area (Å²) in [6.07, 6.45) is 2.18. The number of imidazole rings is 1. The number of carbonyl (C=O) groups is 1. The topological polar surface area (TPSA) is 68.2 Å². The van der Waals surface area contributed by atoms with E-state index in [1.54, 1.807) is 6.33 Å². The molecule has 106 valence electrons. The maximum atomic E-state index is 12.0. The molecule has 2 aromatic rings. The van der Waals surface area contributed by atoms with E-state index < -0.39 is 0 Å². The second kappa shape index (κ2) is 5.60. The minimum Gasteiger partial charge on any atom is -0.378 e. The summed E-state index contributed by atoms with van der Waals surface area (Å²) in [4.78, 5) is 16.3. The van der Waals surface area contributed by atoms with Crippen LogP contribution < -0.4 is 10.6 Å². The molecule has 0 radical (unpaired) electrons. The summed E-state index contributed by atoms with van der Waals surface area (Å²) in [5, 5.41) is 6.17. The number of hydrogen-bond acceptors (Lipinski definition) is 4. The van der Waals surface area contributed by atoms with Gasteiger partial charge in [-0.3, -0.25) is 4.79 Å². The molecule has 1 aliphatic heterocycles. The zero-order chi connectivity index (χ0) is 13.9. The third-order valence-corrected chi connectivity index (χ3v) is 3.44. The molecule has 1 aromatic carbocycles. The molecule has 6 heteroatoms. The number of carbonyl (C=O) groups excluding carboxylic acids is 1. The molecule has 1 unspecified atom stereocenters. The van der Waals surface area contributed by atoms with Gasteiger partial charge in [0.15, 0.2) is 0 Å². The van der Waals surface area contributed by atoms with Gasteiger partial charge in [-0.25, -0.2) is 4.98 Å². The van der Waals surface area contributed by atoms with Crippen LogP contribution in [0.5, 0.6) is 0 Å². The Labute approximate surface area is 117 Å². The fraction of sp³-hybridized carbons (Fsp3) is 0.429. The van der Waals surface area contributed by atoms with Crippen molar-refractivity contribution in [2.45, 2.75) is 12.5 Å². The first kappa shape index (κ1) is 13.1. The highest BCUT2D eigenvalue weighted by Crippen LogP contribution is 2.17. The van der Waals surface area contributed by atoms with Crippen LogP contribution in [0.15, 0.2) is 24.5 Å². The van der Waals surface area contributed by atoms with Crippen molar-refractivity contribution in [3.8, 4) is 0 Å². The van der Waals surface area contributed by atoms with Crippen molar-refractivity contribution in [1.29, 1.82) is 0 Å². The lowest BCUT2D eigenvalue weighted by Crippen LogP contribution is -2.43. The fourth-order valence-electron chi connectivity index (χ4n) is 2.40. The van der Waals surface area contributed by atoms with Gasteiger partial charge >= 0.3 is 0 Å². The van der Waals surface area contributed by atoms with Crippen LogP contribution in [-0.4, -0.2) is 41.3 Å². The van der Waals surface area contributed by atoms with E-state index >= 15 is 0 Å². The molecule has 1 aromatic heterocycles. The molecule has 2 N–H and O–H groups in total. The third-order valence-electron chi connectivity index (χ3n) is 3.44. The third kappa shape index (κ3) is 2.81. The van der Waals surface area contributed by atoms with E-state index in [9.17, 15) is 4.79 Å². The quantitative estimate of drug-likeness (QED) is 0.872. The maximum Gasteiger partial charge on any atom is 0.226 e. The lowest BCUT2D eigenvalue weighted by molar-refractivity contribution is -0.117. The Bertz CT molecular complexity index is 617. The zero-order valence-corrected chi connectivity index (χ0v) is 11.4. The molecule has 2 heterocycles.